The van der Waals surface area contributed by atoms with Crippen molar-refractivity contribution >= 4 is 30.5 Å². The first-order chi connectivity index (χ1) is 15.5. The Morgan fingerprint density at radius 3 is 2.81 bits per heavy atom. The fourth-order valence-electron chi connectivity index (χ4n) is 4.18. The summed E-state index contributed by atoms with van der Waals surface area (Å²) in [7, 11) is 0. The van der Waals surface area contributed by atoms with Crippen LogP contribution in [0.1, 0.15) is 43.6 Å². The number of Topliss-reactive ketones (excluding diaryl/α,β-unsaturated/α-hetero) is 1. The van der Waals surface area contributed by atoms with Gasteiger partial charge in [-0.2, -0.15) is 12.6 Å². The molecule has 2 aliphatic rings. The van der Waals surface area contributed by atoms with Gasteiger partial charge in [0.1, 0.15) is 18.2 Å². The van der Waals surface area contributed by atoms with Gasteiger partial charge in [-0.3, -0.25) is 14.5 Å². The second-order valence-electron chi connectivity index (χ2n) is 8.31. The third kappa shape index (κ3) is 5.13. The standard InChI is InChI=1S/C24H28FN3O3S/c1-2-31-22(29)15-27-12-10-26-21(27)13-17-14-28(11-9-20(17)32)23(24(30)16-7-8-16)18-5-3-4-6-19(18)25/h3-6,10,12-13,16,20,23,32H,2,7-9,11,14-15H2,1H3/b17-13-. The zero-order valence-corrected chi connectivity index (χ0v) is 19.0. The van der Waals surface area contributed by atoms with E-state index in [-0.39, 0.29) is 35.3 Å². The number of carbonyl (C=O) groups is 2. The van der Waals surface area contributed by atoms with Crippen LogP contribution < -0.4 is 0 Å². The first kappa shape index (κ1) is 22.7. The van der Waals surface area contributed by atoms with Gasteiger partial charge >= 0.3 is 5.97 Å². The summed E-state index contributed by atoms with van der Waals surface area (Å²) in [5, 5.41) is -0.00343. The van der Waals surface area contributed by atoms with Crippen molar-refractivity contribution in [1.29, 1.82) is 0 Å². The lowest BCUT2D eigenvalue weighted by molar-refractivity contribution is -0.143. The van der Waals surface area contributed by atoms with Crippen LogP contribution in [0.15, 0.2) is 42.2 Å². The molecule has 0 bridgehead atoms. The first-order valence-corrected chi connectivity index (χ1v) is 11.6. The molecule has 2 unspecified atom stereocenters. The van der Waals surface area contributed by atoms with Gasteiger partial charge in [0.25, 0.3) is 0 Å². The van der Waals surface area contributed by atoms with E-state index < -0.39 is 6.04 Å². The Balaban J connectivity index is 1.60. The van der Waals surface area contributed by atoms with Gasteiger partial charge in [0.05, 0.1) is 12.6 Å². The SMILES string of the molecule is CCOC(=O)Cn1ccnc1/C=C1/CN(C(C(=O)C2CC2)c2ccccc2F)CCC1S. The van der Waals surface area contributed by atoms with Crippen LogP contribution in [0, 0.1) is 11.7 Å². The number of nitrogens with zero attached hydrogens (tertiary/aromatic N) is 3. The van der Waals surface area contributed by atoms with Gasteiger partial charge in [-0.1, -0.05) is 18.2 Å². The highest BCUT2D eigenvalue weighted by atomic mass is 32.1. The van der Waals surface area contributed by atoms with E-state index in [1.54, 1.807) is 42.1 Å². The number of halogens is 1. The third-order valence-electron chi connectivity index (χ3n) is 5.98. The molecule has 2 heterocycles. The van der Waals surface area contributed by atoms with Crippen LogP contribution in [-0.4, -0.2) is 51.1 Å². The lowest BCUT2D eigenvalue weighted by atomic mass is 9.93. The number of hydrogen-bond acceptors (Lipinski definition) is 6. The maximum Gasteiger partial charge on any atom is 0.325 e. The van der Waals surface area contributed by atoms with E-state index in [4.69, 9.17) is 17.4 Å². The molecule has 1 aromatic heterocycles. The van der Waals surface area contributed by atoms with E-state index in [2.05, 4.69) is 9.88 Å². The molecular formula is C24H28FN3O3S. The minimum absolute atomic E-state index is 0.00343. The molecule has 0 spiro atoms. The zero-order chi connectivity index (χ0) is 22.7. The second-order valence-corrected chi connectivity index (χ2v) is 8.94. The average Bonchev–Trinajstić information content (AvgIpc) is 3.54. The Bertz CT molecular complexity index is 1020. The number of rotatable bonds is 8. The number of aromatic nitrogens is 2. The predicted octanol–water partition coefficient (Wildman–Crippen LogP) is 3.69. The maximum absolute atomic E-state index is 14.7. The van der Waals surface area contributed by atoms with Gasteiger partial charge in [0, 0.05) is 42.2 Å². The molecular weight excluding hydrogens is 429 g/mol. The smallest absolute Gasteiger partial charge is 0.325 e. The number of benzene rings is 1. The van der Waals surface area contributed by atoms with Gasteiger partial charge in [0.2, 0.25) is 0 Å². The Hall–Kier alpha value is -2.45. The topological polar surface area (TPSA) is 64.4 Å². The molecule has 4 rings (SSSR count). The van der Waals surface area contributed by atoms with Crippen molar-refractivity contribution in [2.75, 3.05) is 19.7 Å². The van der Waals surface area contributed by atoms with Crippen molar-refractivity contribution < 1.29 is 18.7 Å². The lowest BCUT2D eigenvalue weighted by Crippen LogP contribution is -2.42. The van der Waals surface area contributed by atoms with E-state index in [9.17, 15) is 14.0 Å². The summed E-state index contributed by atoms with van der Waals surface area (Å²) in [6.07, 6.45) is 7.77. The molecule has 1 saturated heterocycles. The number of thiol groups is 1. The molecule has 2 atom stereocenters. The Kier molecular flexibility index (Phi) is 7.10. The Labute approximate surface area is 192 Å². The van der Waals surface area contributed by atoms with Crippen LogP contribution in [0.2, 0.25) is 0 Å². The molecule has 2 aromatic rings. The van der Waals surface area contributed by atoms with Gasteiger partial charge in [-0.25, -0.2) is 9.37 Å². The van der Waals surface area contributed by atoms with E-state index >= 15 is 0 Å². The monoisotopic (exact) mass is 457 g/mol. The molecule has 1 saturated carbocycles. The number of ketones is 1. The summed E-state index contributed by atoms with van der Waals surface area (Å²) in [6, 6.07) is 5.94. The first-order valence-electron chi connectivity index (χ1n) is 11.1. The summed E-state index contributed by atoms with van der Waals surface area (Å²) < 4.78 is 21.5. The summed E-state index contributed by atoms with van der Waals surface area (Å²) in [6.45, 7) is 3.31. The Morgan fingerprint density at radius 2 is 2.09 bits per heavy atom. The van der Waals surface area contributed by atoms with E-state index in [1.807, 2.05) is 6.08 Å². The molecule has 170 valence electrons. The summed E-state index contributed by atoms with van der Waals surface area (Å²) >= 11 is 4.74. The minimum atomic E-state index is -0.604. The lowest BCUT2D eigenvalue weighted by Gasteiger charge is -2.37. The quantitative estimate of drug-likeness (QED) is 0.484. The molecule has 1 aliphatic heterocycles. The number of imidazole rings is 1. The fourth-order valence-corrected chi connectivity index (χ4v) is 4.45. The highest BCUT2D eigenvalue weighted by Crippen LogP contribution is 2.39. The molecule has 2 fully saturated rings. The van der Waals surface area contributed by atoms with Crippen LogP contribution >= 0.6 is 12.6 Å². The minimum Gasteiger partial charge on any atom is -0.465 e. The molecule has 0 N–H and O–H groups in total. The van der Waals surface area contributed by atoms with E-state index in [0.29, 0.717) is 31.1 Å². The van der Waals surface area contributed by atoms with Crippen LogP contribution in [0.3, 0.4) is 0 Å². The number of carbonyl (C=O) groups excluding carboxylic acids is 2. The Morgan fingerprint density at radius 1 is 1.31 bits per heavy atom. The molecule has 1 aliphatic carbocycles. The van der Waals surface area contributed by atoms with Crippen LogP contribution in [0.5, 0.6) is 0 Å². The predicted molar refractivity (Wildman–Crippen MR) is 123 cm³/mol. The molecule has 1 aromatic carbocycles. The van der Waals surface area contributed by atoms with Gasteiger partial charge < -0.3 is 9.30 Å². The van der Waals surface area contributed by atoms with Crippen LogP contribution in [-0.2, 0) is 20.9 Å². The van der Waals surface area contributed by atoms with Crippen molar-refractivity contribution in [3.8, 4) is 0 Å². The van der Waals surface area contributed by atoms with Crippen molar-refractivity contribution in [1.82, 2.24) is 14.5 Å². The largest absolute Gasteiger partial charge is 0.465 e. The molecule has 32 heavy (non-hydrogen) atoms. The van der Waals surface area contributed by atoms with Crippen molar-refractivity contribution in [3.63, 3.8) is 0 Å². The van der Waals surface area contributed by atoms with Crippen molar-refractivity contribution in [3.05, 3.63) is 59.4 Å². The number of piperidine rings is 1. The summed E-state index contributed by atoms with van der Waals surface area (Å²) in [5.41, 5.74) is 1.42. The van der Waals surface area contributed by atoms with Crippen molar-refractivity contribution in [2.24, 2.45) is 5.92 Å². The van der Waals surface area contributed by atoms with Crippen molar-refractivity contribution in [2.45, 2.75) is 44.0 Å². The van der Waals surface area contributed by atoms with E-state index in [0.717, 1.165) is 24.8 Å². The third-order valence-corrected chi connectivity index (χ3v) is 6.57. The zero-order valence-electron chi connectivity index (χ0n) is 18.1. The number of esters is 1. The second kappa shape index (κ2) is 10.0. The van der Waals surface area contributed by atoms with Gasteiger partial charge in [-0.05, 0) is 43.9 Å². The molecule has 0 amide bonds. The normalized spacial score (nSPS) is 21.5. The highest BCUT2D eigenvalue weighted by Gasteiger charge is 2.40. The number of hydrogen-bond donors (Lipinski definition) is 1. The number of ether oxygens (including phenoxy) is 1. The average molecular weight is 458 g/mol. The number of likely N-dealkylation sites (tertiary alicyclic amines) is 1. The summed E-state index contributed by atoms with van der Waals surface area (Å²) in [4.78, 5) is 31.5. The van der Waals surface area contributed by atoms with E-state index in [1.165, 1.54) is 6.07 Å². The van der Waals surface area contributed by atoms with Crippen LogP contribution in [0.25, 0.3) is 6.08 Å². The molecule has 6 nitrogen and oxygen atoms in total. The van der Waals surface area contributed by atoms with Gasteiger partial charge in [-0.15, -0.1) is 0 Å². The summed E-state index contributed by atoms with van der Waals surface area (Å²) in [5.74, 6) is 0.0625. The highest BCUT2D eigenvalue weighted by molar-refractivity contribution is 7.81. The molecule has 0 radical (unpaired) electrons. The van der Waals surface area contributed by atoms with Crippen LogP contribution in [0.4, 0.5) is 4.39 Å². The fraction of sp³-hybridized carbons (Fsp3) is 0.458. The molecule has 8 heteroatoms. The van der Waals surface area contributed by atoms with Gasteiger partial charge in [0.15, 0.2) is 5.78 Å². The maximum atomic E-state index is 14.7.